The Morgan fingerprint density at radius 3 is 1.40 bits per heavy atom. The van der Waals surface area contributed by atoms with E-state index in [1.165, 1.54) is 73.9 Å². The fourth-order valence-corrected chi connectivity index (χ4v) is 9.08. The normalized spacial score (nSPS) is 8.74. The zero-order valence-electron chi connectivity index (χ0n) is 43.8. The van der Waals surface area contributed by atoms with Gasteiger partial charge in [-0.3, -0.25) is 0 Å². The van der Waals surface area contributed by atoms with Gasteiger partial charge in [0, 0.05) is 38.4 Å². The number of aromatic carboxylic acids is 2. The zero-order chi connectivity index (χ0) is 58.0. The molecule has 0 fully saturated rings. The number of hydrogen-bond donors (Lipinski definition) is 5. The molecule has 0 aliphatic carbocycles. The van der Waals surface area contributed by atoms with Gasteiger partial charge in [0.2, 0.25) is 0 Å². The van der Waals surface area contributed by atoms with Crippen molar-refractivity contribution in [2.24, 2.45) is 5.34 Å². The van der Waals surface area contributed by atoms with Gasteiger partial charge >= 0.3 is 94.8 Å². The van der Waals surface area contributed by atoms with Gasteiger partial charge < -0.3 is 66.4 Å². The molecule has 0 unspecified atom stereocenters. The quantitative estimate of drug-likeness (QED) is 0.0113. The molecular formula is C45H65Br4CuLiN8O15S4. The standard InChI is InChI=1S/C8H9BrO2S.C8H7N3O2S.C8H11NO2S.C6H5BrO2S.C5H7NO2.C4H9NO2.C3H6O.C2H4N2.CH4.2BrH.Cu.Li.2H2O/c1-3-11-8(10)6-4-5(2)12-7(6)9;1-5-4-6(8(12)13)7(14-5)11-9-2-3-10-11;1-3-11-8(10)6-4-5(2)12-7(6)9;1-3-2-4(6(8)9)5(7)10-3;1-3-8-5(7)4-6-2;1-4(2,3)7-5-6;1-2-3-4;3-1-2-4;;;;;;;/h4H,3H2,1-2H3;2-4H,1H3,(H,12,13);4H,3,9H2,1-2H3;2H,1H3,(H,8,9);3-4H2,1H3;1-3H3;3H,2H2,1H3;1-4H;1H4;2*1H;;;2*1H2/q;;;;;;;;;;;+2;+1;;/p-3. The van der Waals surface area contributed by atoms with Crippen LogP contribution in [0.15, 0.2) is 49.6 Å². The second-order valence-corrected chi connectivity index (χ2v) is 25.9. The molecule has 0 radical (unpaired) electrons. The van der Waals surface area contributed by atoms with E-state index in [1.54, 1.807) is 59.7 Å². The summed E-state index contributed by atoms with van der Waals surface area (Å²) < 4.78 is 15.6. The first kappa shape index (κ1) is 90.5. The molecule has 0 amide bonds. The number of nitrogens with zero attached hydrogens (tertiary/aromatic N) is 5. The summed E-state index contributed by atoms with van der Waals surface area (Å²) >= 11 is 19.6. The van der Waals surface area contributed by atoms with Crippen LogP contribution in [0.25, 0.3) is 9.85 Å². The number of rotatable bonds is 12. The number of esters is 3. The van der Waals surface area contributed by atoms with E-state index in [1.807, 2.05) is 40.7 Å². The predicted molar refractivity (Wildman–Crippen MR) is 316 cm³/mol. The number of carbonyl (C=O) groups is 6. The number of carboxylic acid groups (broad SMARTS) is 2. The molecule has 0 aliphatic rings. The molecule has 0 bridgehead atoms. The molecule has 0 spiro atoms. The summed E-state index contributed by atoms with van der Waals surface area (Å²) in [4.78, 5) is 84.9. The number of ether oxygens (including phenoxy) is 3. The van der Waals surface area contributed by atoms with E-state index in [-0.39, 0.29) is 61.3 Å². The van der Waals surface area contributed by atoms with Crippen LogP contribution >= 0.6 is 105 Å². The van der Waals surface area contributed by atoms with Gasteiger partial charge in [-0.2, -0.15) is 10.2 Å². The Bertz CT molecular complexity index is 2440. The van der Waals surface area contributed by atoms with Crippen LogP contribution in [0.4, 0.5) is 5.00 Å². The average molecular weight is 1480 g/mol. The van der Waals surface area contributed by atoms with E-state index >= 15 is 0 Å². The molecule has 33 heteroatoms. The smallest absolute Gasteiger partial charge is 0.870 e. The van der Waals surface area contributed by atoms with Gasteiger partial charge in [-0.1, -0.05) is 14.4 Å². The first-order valence-electron chi connectivity index (χ1n) is 20.6. The molecule has 0 saturated carbocycles. The molecule has 0 aliphatic heterocycles. The third-order valence-corrected chi connectivity index (χ3v) is 11.9. The van der Waals surface area contributed by atoms with Crippen LogP contribution in [-0.4, -0.2) is 117 Å². The van der Waals surface area contributed by atoms with E-state index in [0.29, 0.717) is 56.7 Å². The van der Waals surface area contributed by atoms with Crippen molar-refractivity contribution < 1.29 is 99.2 Å². The van der Waals surface area contributed by atoms with Crippen molar-refractivity contribution in [3.63, 3.8) is 0 Å². The third-order valence-electron chi connectivity index (χ3n) is 6.47. The Morgan fingerprint density at radius 2 is 1.13 bits per heavy atom. The van der Waals surface area contributed by atoms with Gasteiger partial charge in [0.05, 0.1) is 62.0 Å². The number of aldehydes is 1. The van der Waals surface area contributed by atoms with Crippen molar-refractivity contribution in [3.05, 3.63) is 102 Å². The van der Waals surface area contributed by atoms with Crippen molar-refractivity contribution in [1.29, 1.82) is 10.8 Å². The van der Waals surface area contributed by atoms with E-state index in [2.05, 4.69) is 90.0 Å². The van der Waals surface area contributed by atoms with Gasteiger partial charge in [0.25, 0.3) is 0 Å². The van der Waals surface area contributed by atoms with Crippen LogP contribution in [0.1, 0.15) is 123 Å². The molecule has 5 aromatic heterocycles. The number of anilines is 1. The maximum absolute atomic E-state index is 11.2. The SMILES string of the molecule is C.CC(C)(C)ON=O.CCC=O.CCOC(=O)c1cc(C)sc1Br.CCOC(=O)c1cc(C)sc1N.Cc1cc(C(=O)O)c(-n2nccn2)s1.Cc1cc(C(=O)O)c(Br)s1.N=CC=N.O.[Br][Cu][Br].[C-]#[N+]CC(=O)OCC.[Li+].[OH-]. The van der Waals surface area contributed by atoms with Crippen molar-refractivity contribution in [2.75, 3.05) is 32.1 Å². The van der Waals surface area contributed by atoms with Gasteiger partial charge in [-0.25, -0.2) is 30.5 Å². The second kappa shape index (κ2) is 54.9. The number of aromatic nitrogens is 3. The minimum absolute atomic E-state index is 0. The first-order valence-corrected chi connectivity index (χ1v) is 30.1. The Labute approximate surface area is 519 Å². The molecule has 23 nitrogen and oxygen atoms in total. The van der Waals surface area contributed by atoms with E-state index in [0.717, 1.165) is 42.0 Å². The summed E-state index contributed by atoms with van der Waals surface area (Å²) in [6, 6.07) is 6.84. The van der Waals surface area contributed by atoms with Gasteiger partial charge in [-0.05, 0) is 125 Å². The van der Waals surface area contributed by atoms with Crippen LogP contribution < -0.4 is 24.6 Å². The van der Waals surface area contributed by atoms with Crippen LogP contribution in [0.5, 0.6) is 0 Å². The minimum atomic E-state index is -0.957. The van der Waals surface area contributed by atoms with Gasteiger partial charge in [0.1, 0.15) is 16.9 Å². The second-order valence-electron chi connectivity index (χ2n) is 13.5. The van der Waals surface area contributed by atoms with Gasteiger partial charge in [0.15, 0.2) is 10.3 Å². The fraction of sp³-hybridized carbons (Fsp3) is 0.400. The molecule has 0 aromatic carbocycles. The topological polar surface area (TPSA) is 380 Å². The Hall–Kier alpha value is -4.05. The number of carbonyl (C=O) groups excluding carboxylic acids is 4. The van der Waals surface area contributed by atoms with Crippen molar-refractivity contribution in [3.8, 4) is 5.00 Å². The molecule has 5 aromatic rings. The molecule has 9 N–H and O–H groups in total. The van der Waals surface area contributed by atoms with E-state index in [4.69, 9.17) is 42.8 Å². The molecule has 78 heavy (non-hydrogen) atoms. The van der Waals surface area contributed by atoms with E-state index in [9.17, 15) is 33.7 Å². The number of halogens is 4. The average Bonchev–Trinajstić information content (AvgIpc) is 4.18. The molecule has 439 valence electrons. The van der Waals surface area contributed by atoms with Gasteiger partial charge in [-0.15, -0.1) is 55.1 Å². The predicted octanol–water partition coefficient (Wildman–Crippen LogP) is 9.82. The van der Waals surface area contributed by atoms with Crippen LogP contribution in [-0.2, 0) is 40.0 Å². The van der Waals surface area contributed by atoms with Crippen LogP contribution in [0.3, 0.4) is 0 Å². The van der Waals surface area contributed by atoms with Crippen LogP contribution in [0.2, 0.25) is 0 Å². The molecule has 5 heterocycles. The Balaban J connectivity index is -0.000000121. The molecule has 0 saturated heterocycles. The van der Waals surface area contributed by atoms with E-state index < -0.39 is 23.5 Å². The zero-order valence-corrected chi connectivity index (χ0v) is 54.4. The number of carboxylic acids is 2. The molecule has 0 atom stereocenters. The van der Waals surface area contributed by atoms with Crippen molar-refractivity contribution in [2.45, 2.75) is 95.6 Å². The van der Waals surface area contributed by atoms with Crippen LogP contribution in [0, 0.1) is 50.0 Å². The molecular weight excluding hydrogens is 1410 g/mol. The number of hydrogen-bond acceptors (Lipinski definition) is 22. The minimum Gasteiger partial charge on any atom is -0.870 e. The maximum Gasteiger partial charge on any atom is 1.00 e. The summed E-state index contributed by atoms with van der Waals surface area (Å²) in [6.07, 6.45) is 6.38. The monoisotopic (exact) mass is 1470 g/mol. The number of thiophene rings is 4. The maximum atomic E-state index is 11.2. The number of nitrogens with one attached hydrogen (secondary N) is 2. The Morgan fingerprint density at radius 1 is 0.769 bits per heavy atom. The van der Waals surface area contributed by atoms with Crippen molar-refractivity contribution in [1.82, 2.24) is 15.0 Å². The largest absolute Gasteiger partial charge is 1.00 e. The number of nitrogens with two attached hydrogens (primary N) is 1. The van der Waals surface area contributed by atoms with Crippen molar-refractivity contribution >= 4 is 159 Å². The number of aryl methyl sites for hydroxylation is 4. The summed E-state index contributed by atoms with van der Waals surface area (Å²) in [6.45, 7) is 27.2. The number of nitrogen functional groups attached to an aromatic ring is 1. The summed E-state index contributed by atoms with van der Waals surface area (Å²) in [5.74, 6) is -2.87. The third kappa shape index (κ3) is 45.8. The summed E-state index contributed by atoms with van der Waals surface area (Å²) in [5, 5.41) is 40.8. The fourth-order valence-electron chi connectivity index (χ4n) is 3.87. The molecule has 5 rings (SSSR count). The first-order chi connectivity index (χ1) is 34.7. The Kier molecular flexibility index (Phi) is 63.7. The summed E-state index contributed by atoms with van der Waals surface area (Å²) in [5.41, 5.74) is 6.86. The summed E-state index contributed by atoms with van der Waals surface area (Å²) in [7, 11) is 0.